The van der Waals surface area contributed by atoms with Crippen LogP contribution in [0.2, 0.25) is 0 Å². The molecule has 2 N–H and O–H groups in total. The Labute approximate surface area is 139 Å². The normalized spacial score (nSPS) is 11.1. The van der Waals surface area contributed by atoms with Gasteiger partial charge in [0.15, 0.2) is 11.6 Å². The summed E-state index contributed by atoms with van der Waals surface area (Å²) in [4.78, 5) is 4.09. The van der Waals surface area contributed by atoms with E-state index in [0.29, 0.717) is 5.95 Å². The Hall–Kier alpha value is -3.15. The summed E-state index contributed by atoms with van der Waals surface area (Å²) in [6.07, 6.45) is 3.42. The molecule has 6 heteroatoms. The Kier molecular flexibility index (Phi) is 4.56. The fourth-order valence-corrected chi connectivity index (χ4v) is 2.23. The molecule has 24 heavy (non-hydrogen) atoms. The number of hydrogen-bond acceptors (Lipinski definition) is 4. The fourth-order valence-electron chi connectivity index (χ4n) is 2.23. The molecule has 0 amide bonds. The number of aromatic nitrogens is 2. The summed E-state index contributed by atoms with van der Waals surface area (Å²) < 4.78 is 20.7. The average molecular weight is 324 g/mol. The first-order valence-electron chi connectivity index (χ1n) is 7.44. The quantitative estimate of drug-likeness (QED) is 0.732. The zero-order valence-corrected chi connectivity index (χ0v) is 13.2. The summed E-state index contributed by atoms with van der Waals surface area (Å²) in [5.41, 5.74) is 8.31. The van der Waals surface area contributed by atoms with E-state index in [1.54, 1.807) is 30.6 Å². The number of para-hydroxylation sites is 1. The Balaban J connectivity index is 1.78. The van der Waals surface area contributed by atoms with E-state index in [1.165, 1.54) is 10.7 Å². The molecule has 0 saturated heterocycles. The van der Waals surface area contributed by atoms with Crippen molar-refractivity contribution in [1.29, 1.82) is 0 Å². The number of nitrogens with two attached hydrogens (primary N) is 1. The molecule has 0 aliphatic carbocycles. The lowest BCUT2D eigenvalue weighted by molar-refractivity contribution is 0.290. The molecule has 0 unspecified atom stereocenters. The first kappa shape index (κ1) is 15.7. The minimum Gasteiger partial charge on any atom is -0.486 e. The van der Waals surface area contributed by atoms with Gasteiger partial charge >= 0.3 is 0 Å². The molecule has 3 aromatic rings. The summed E-state index contributed by atoms with van der Waals surface area (Å²) in [6.45, 7) is 2.08. The van der Waals surface area contributed by atoms with Crippen molar-refractivity contribution >= 4 is 12.2 Å². The van der Waals surface area contributed by atoms with Gasteiger partial charge in [0.25, 0.3) is 0 Å². The molecule has 1 heterocycles. The molecule has 0 spiro atoms. The van der Waals surface area contributed by atoms with Crippen LogP contribution in [0.4, 0.5) is 10.3 Å². The largest absolute Gasteiger partial charge is 0.486 e. The zero-order valence-electron chi connectivity index (χ0n) is 13.2. The highest BCUT2D eigenvalue weighted by atomic mass is 19.1. The second-order valence-corrected chi connectivity index (χ2v) is 5.25. The van der Waals surface area contributed by atoms with Crippen molar-refractivity contribution in [2.24, 2.45) is 5.10 Å². The number of nitrogen functional groups attached to an aromatic ring is 1. The number of nitrogens with zero attached hydrogens (tertiary/aromatic N) is 3. The predicted molar refractivity (Wildman–Crippen MR) is 91.5 cm³/mol. The van der Waals surface area contributed by atoms with Gasteiger partial charge in [-0.15, -0.1) is 0 Å². The fraction of sp³-hybridized carbons (Fsp3) is 0.111. The van der Waals surface area contributed by atoms with Gasteiger partial charge < -0.3 is 10.5 Å². The Morgan fingerprint density at radius 3 is 2.71 bits per heavy atom. The van der Waals surface area contributed by atoms with Crippen LogP contribution in [0.5, 0.6) is 5.75 Å². The van der Waals surface area contributed by atoms with Gasteiger partial charge in [-0.25, -0.2) is 14.1 Å². The standard InChI is InChI=1S/C18H17FN4O/c1-13-11-23(18(20)22-13)21-10-14-6-2-3-7-15(14)12-24-17-9-5-4-8-16(17)19/h2-11H,12H2,1H3,(H2,20,22). The number of hydrogen-bond donors (Lipinski definition) is 1. The van der Waals surface area contributed by atoms with E-state index >= 15 is 0 Å². The molecule has 2 aromatic carbocycles. The third-order valence-electron chi connectivity index (χ3n) is 3.43. The molecule has 122 valence electrons. The lowest BCUT2D eigenvalue weighted by Crippen LogP contribution is -2.02. The summed E-state index contributed by atoms with van der Waals surface area (Å²) in [5, 5.41) is 4.30. The van der Waals surface area contributed by atoms with Crippen molar-refractivity contribution in [3.05, 3.63) is 77.4 Å². The van der Waals surface area contributed by atoms with Crippen LogP contribution < -0.4 is 10.5 Å². The number of aryl methyl sites for hydroxylation is 1. The van der Waals surface area contributed by atoms with Crippen LogP contribution in [0.15, 0.2) is 59.8 Å². The summed E-state index contributed by atoms with van der Waals surface area (Å²) in [5.74, 6) is 0.160. The van der Waals surface area contributed by atoms with Crippen molar-refractivity contribution in [3.63, 3.8) is 0 Å². The first-order chi connectivity index (χ1) is 11.6. The van der Waals surface area contributed by atoms with E-state index in [0.717, 1.165) is 16.8 Å². The number of halogens is 1. The third kappa shape index (κ3) is 3.60. The molecule has 0 saturated carbocycles. The summed E-state index contributed by atoms with van der Waals surface area (Å²) in [6, 6.07) is 13.9. The highest BCUT2D eigenvalue weighted by Crippen LogP contribution is 2.18. The maximum atomic E-state index is 13.6. The lowest BCUT2D eigenvalue weighted by atomic mass is 10.1. The number of ether oxygens (including phenoxy) is 1. The minimum atomic E-state index is -0.384. The molecular formula is C18H17FN4O. The van der Waals surface area contributed by atoms with Crippen LogP contribution in [0.3, 0.4) is 0 Å². The number of anilines is 1. The van der Waals surface area contributed by atoms with E-state index in [1.807, 2.05) is 31.2 Å². The van der Waals surface area contributed by atoms with Crippen molar-refractivity contribution in [2.75, 3.05) is 5.73 Å². The van der Waals surface area contributed by atoms with Gasteiger partial charge in [0.05, 0.1) is 18.1 Å². The second-order valence-electron chi connectivity index (χ2n) is 5.25. The van der Waals surface area contributed by atoms with Crippen molar-refractivity contribution in [2.45, 2.75) is 13.5 Å². The Bertz CT molecular complexity index is 873. The SMILES string of the molecule is Cc1cn(N=Cc2ccccc2COc2ccccc2F)c(N)n1. The third-order valence-corrected chi connectivity index (χ3v) is 3.43. The highest BCUT2D eigenvalue weighted by Gasteiger charge is 2.05. The molecular weight excluding hydrogens is 307 g/mol. The predicted octanol–water partition coefficient (Wildman–Crippen LogP) is 3.37. The average Bonchev–Trinajstić information content (AvgIpc) is 2.90. The smallest absolute Gasteiger partial charge is 0.221 e. The molecule has 0 aliphatic rings. The van der Waals surface area contributed by atoms with Crippen LogP contribution in [0, 0.1) is 12.7 Å². The summed E-state index contributed by atoms with van der Waals surface area (Å²) in [7, 11) is 0. The van der Waals surface area contributed by atoms with Gasteiger partial charge in [-0.1, -0.05) is 36.4 Å². The highest BCUT2D eigenvalue weighted by molar-refractivity contribution is 5.81. The van der Waals surface area contributed by atoms with Gasteiger partial charge in [-0.3, -0.25) is 0 Å². The van der Waals surface area contributed by atoms with Gasteiger partial charge in [-0.05, 0) is 24.6 Å². The van der Waals surface area contributed by atoms with Gasteiger partial charge in [-0.2, -0.15) is 5.10 Å². The monoisotopic (exact) mass is 324 g/mol. The van der Waals surface area contributed by atoms with Crippen LogP contribution >= 0.6 is 0 Å². The van der Waals surface area contributed by atoms with Crippen molar-refractivity contribution < 1.29 is 9.13 Å². The number of rotatable bonds is 5. The van der Waals surface area contributed by atoms with Gasteiger partial charge in [0, 0.05) is 5.56 Å². The van der Waals surface area contributed by atoms with Crippen LogP contribution in [-0.4, -0.2) is 15.9 Å². The molecule has 0 radical (unpaired) electrons. The lowest BCUT2D eigenvalue weighted by Gasteiger charge is -2.09. The molecule has 0 atom stereocenters. The van der Waals surface area contributed by atoms with Gasteiger partial charge in [0.1, 0.15) is 6.61 Å². The Morgan fingerprint density at radius 1 is 1.21 bits per heavy atom. The molecule has 0 fully saturated rings. The van der Waals surface area contributed by atoms with Crippen LogP contribution in [-0.2, 0) is 6.61 Å². The molecule has 0 bridgehead atoms. The zero-order chi connectivity index (χ0) is 16.9. The van der Waals surface area contributed by atoms with Gasteiger partial charge in [0.2, 0.25) is 5.95 Å². The van der Waals surface area contributed by atoms with E-state index in [-0.39, 0.29) is 18.2 Å². The molecule has 1 aromatic heterocycles. The Morgan fingerprint density at radius 2 is 1.96 bits per heavy atom. The second kappa shape index (κ2) is 6.95. The molecule has 0 aliphatic heterocycles. The van der Waals surface area contributed by atoms with E-state index < -0.39 is 0 Å². The van der Waals surface area contributed by atoms with E-state index in [2.05, 4.69) is 10.1 Å². The number of benzene rings is 2. The van der Waals surface area contributed by atoms with Crippen LogP contribution in [0.1, 0.15) is 16.8 Å². The first-order valence-corrected chi connectivity index (χ1v) is 7.44. The molecule has 3 rings (SSSR count). The van der Waals surface area contributed by atoms with Crippen LogP contribution in [0.25, 0.3) is 0 Å². The maximum absolute atomic E-state index is 13.6. The van der Waals surface area contributed by atoms with Crippen molar-refractivity contribution in [3.8, 4) is 5.75 Å². The molecule has 5 nitrogen and oxygen atoms in total. The topological polar surface area (TPSA) is 65.4 Å². The minimum absolute atomic E-state index is 0.221. The number of imidazole rings is 1. The van der Waals surface area contributed by atoms with E-state index in [9.17, 15) is 4.39 Å². The maximum Gasteiger partial charge on any atom is 0.221 e. The summed E-state index contributed by atoms with van der Waals surface area (Å²) >= 11 is 0. The van der Waals surface area contributed by atoms with Crippen molar-refractivity contribution in [1.82, 2.24) is 9.66 Å². The van der Waals surface area contributed by atoms with E-state index in [4.69, 9.17) is 10.5 Å².